The highest BCUT2D eigenvalue weighted by atomic mass is 16.4. The van der Waals surface area contributed by atoms with Gasteiger partial charge in [0.1, 0.15) is 24.2 Å². The monoisotopic (exact) mass is 482 g/mol. The largest absolute Gasteiger partial charge is 0.481 e. The van der Waals surface area contributed by atoms with E-state index in [1.54, 1.807) is 0 Å². The molecule has 5 atom stereocenters. The lowest BCUT2D eigenvalue weighted by Crippen LogP contribution is -2.58. The number of aliphatic hydroxyl groups excluding tert-OH is 1. The number of imidazole rings is 1. The van der Waals surface area contributed by atoms with Crippen molar-refractivity contribution in [1.29, 1.82) is 0 Å². The summed E-state index contributed by atoms with van der Waals surface area (Å²) >= 11 is 0. The van der Waals surface area contributed by atoms with Crippen LogP contribution < -0.4 is 16.4 Å². The van der Waals surface area contributed by atoms with Gasteiger partial charge in [-0.15, -0.1) is 0 Å². The predicted molar refractivity (Wildman–Crippen MR) is 115 cm³/mol. The zero-order valence-corrected chi connectivity index (χ0v) is 18.6. The van der Waals surface area contributed by atoms with Crippen LogP contribution >= 0.6 is 0 Å². The maximum absolute atomic E-state index is 13.1. The molecule has 1 aromatic rings. The Balaban J connectivity index is 2.22. The number of amides is 3. The van der Waals surface area contributed by atoms with Crippen molar-refractivity contribution >= 4 is 29.7 Å². The van der Waals surface area contributed by atoms with Crippen molar-refractivity contribution in [3.63, 3.8) is 0 Å². The van der Waals surface area contributed by atoms with Gasteiger partial charge >= 0.3 is 11.9 Å². The lowest BCUT2D eigenvalue weighted by molar-refractivity contribution is -0.150. The van der Waals surface area contributed by atoms with E-state index in [0.29, 0.717) is 12.1 Å². The average molecular weight is 482 g/mol. The van der Waals surface area contributed by atoms with Crippen molar-refractivity contribution in [2.45, 2.75) is 69.3 Å². The molecule has 188 valence electrons. The summed E-state index contributed by atoms with van der Waals surface area (Å²) in [6.45, 7) is 1.47. The molecule has 34 heavy (non-hydrogen) atoms. The van der Waals surface area contributed by atoms with E-state index in [1.165, 1.54) is 19.4 Å². The van der Waals surface area contributed by atoms with Gasteiger partial charge in [-0.1, -0.05) is 0 Å². The highest BCUT2D eigenvalue weighted by molar-refractivity contribution is 5.94. The molecule has 1 aliphatic rings. The van der Waals surface area contributed by atoms with Crippen molar-refractivity contribution in [2.75, 3.05) is 6.54 Å². The molecule has 14 heteroatoms. The fraction of sp³-hybridized carbons (Fsp3) is 0.600. The molecule has 1 saturated heterocycles. The summed E-state index contributed by atoms with van der Waals surface area (Å²) in [5.41, 5.74) is 6.12. The molecule has 0 aromatic carbocycles. The van der Waals surface area contributed by atoms with E-state index in [0.717, 1.165) is 4.90 Å². The van der Waals surface area contributed by atoms with Gasteiger partial charge in [0.25, 0.3) is 0 Å². The van der Waals surface area contributed by atoms with Crippen LogP contribution in [0.4, 0.5) is 0 Å². The first-order valence-corrected chi connectivity index (χ1v) is 10.8. The Labute approximate surface area is 194 Å². The molecule has 0 radical (unpaired) electrons. The molecule has 0 bridgehead atoms. The summed E-state index contributed by atoms with van der Waals surface area (Å²) in [7, 11) is 0. The Bertz CT molecular complexity index is 890. The third kappa shape index (κ3) is 7.25. The number of aromatic amines is 1. The molecule has 8 N–H and O–H groups in total. The highest BCUT2D eigenvalue weighted by Gasteiger charge is 2.38. The van der Waals surface area contributed by atoms with E-state index in [1.807, 2.05) is 0 Å². The third-order valence-electron chi connectivity index (χ3n) is 5.52. The summed E-state index contributed by atoms with van der Waals surface area (Å²) in [6.07, 6.45) is 1.51. The van der Waals surface area contributed by atoms with Crippen LogP contribution in [0.2, 0.25) is 0 Å². The smallest absolute Gasteiger partial charge is 0.326 e. The Morgan fingerprint density at radius 2 is 1.88 bits per heavy atom. The molecule has 2 rings (SSSR count). The SMILES string of the molecule is CC(O)C(N)C(=O)NC(Cc1cnc[nH]1)C(=O)NC(CCC(=O)O)C(=O)N1CCCC1C(=O)O. The van der Waals surface area contributed by atoms with Crippen LogP contribution in [0.3, 0.4) is 0 Å². The van der Waals surface area contributed by atoms with Gasteiger partial charge in [-0.05, 0) is 26.2 Å². The molecular weight excluding hydrogens is 452 g/mol. The predicted octanol–water partition coefficient (Wildman–Crippen LogP) is -2.43. The number of nitrogens with one attached hydrogen (secondary N) is 3. The minimum absolute atomic E-state index is 0.0641. The number of carboxylic acid groups (broad SMARTS) is 2. The van der Waals surface area contributed by atoms with Gasteiger partial charge in [0.05, 0.1) is 12.4 Å². The topological polar surface area (TPSA) is 228 Å². The van der Waals surface area contributed by atoms with Crippen LogP contribution in [0.25, 0.3) is 0 Å². The molecular formula is C20H30N6O8. The Morgan fingerprint density at radius 1 is 1.21 bits per heavy atom. The van der Waals surface area contributed by atoms with Gasteiger partial charge in [-0.3, -0.25) is 19.2 Å². The minimum Gasteiger partial charge on any atom is -0.481 e. The second-order valence-electron chi connectivity index (χ2n) is 8.13. The van der Waals surface area contributed by atoms with Crippen LogP contribution in [0.5, 0.6) is 0 Å². The van der Waals surface area contributed by atoms with E-state index in [2.05, 4.69) is 20.6 Å². The van der Waals surface area contributed by atoms with Gasteiger partial charge in [-0.25, -0.2) is 9.78 Å². The normalized spacial score (nSPS) is 19.0. The average Bonchev–Trinajstić information content (AvgIpc) is 3.46. The van der Waals surface area contributed by atoms with Crippen LogP contribution in [0.1, 0.15) is 38.3 Å². The van der Waals surface area contributed by atoms with Gasteiger partial charge in [0.15, 0.2) is 0 Å². The first-order valence-electron chi connectivity index (χ1n) is 10.8. The zero-order chi connectivity index (χ0) is 25.4. The number of nitrogens with two attached hydrogens (primary N) is 1. The summed E-state index contributed by atoms with van der Waals surface area (Å²) in [4.78, 5) is 68.9. The number of nitrogens with zero attached hydrogens (tertiary/aromatic N) is 2. The van der Waals surface area contributed by atoms with Crippen molar-refractivity contribution in [3.8, 4) is 0 Å². The van der Waals surface area contributed by atoms with E-state index in [4.69, 9.17) is 10.8 Å². The maximum atomic E-state index is 13.1. The number of hydrogen-bond donors (Lipinski definition) is 7. The number of aromatic nitrogens is 2. The van der Waals surface area contributed by atoms with Crippen molar-refractivity contribution in [1.82, 2.24) is 25.5 Å². The molecule has 1 aliphatic heterocycles. The van der Waals surface area contributed by atoms with E-state index >= 15 is 0 Å². The van der Waals surface area contributed by atoms with Crippen molar-refractivity contribution < 1.29 is 39.3 Å². The molecule has 0 spiro atoms. The first-order chi connectivity index (χ1) is 16.0. The standard InChI is InChI=1S/C20H30N6O8/c1-10(27)16(21)18(31)25-13(7-11-8-22-9-23-11)17(30)24-12(4-5-15(28)29)19(32)26-6-2-3-14(26)20(33)34/h8-10,12-14,16,27H,2-7,21H2,1H3,(H,22,23)(H,24,30)(H,25,31)(H,28,29)(H,33,34). The number of likely N-dealkylation sites (tertiary alicyclic amines) is 1. The summed E-state index contributed by atoms with van der Waals surface area (Å²) < 4.78 is 0. The van der Waals surface area contributed by atoms with E-state index < -0.39 is 66.4 Å². The fourth-order valence-corrected chi connectivity index (χ4v) is 3.60. The third-order valence-corrected chi connectivity index (χ3v) is 5.52. The molecule has 14 nitrogen and oxygen atoms in total. The number of carbonyl (C=O) groups excluding carboxylic acids is 3. The minimum atomic E-state index is -1.32. The number of carbonyl (C=O) groups is 5. The lowest BCUT2D eigenvalue weighted by Gasteiger charge is -2.29. The number of hydrogen-bond acceptors (Lipinski definition) is 8. The second kappa shape index (κ2) is 12.1. The Hall–Kier alpha value is -3.52. The molecule has 5 unspecified atom stereocenters. The van der Waals surface area contributed by atoms with Crippen molar-refractivity contribution in [3.05, 3.63) is 18.2 Å². The molecule has 1 aromatic heterocycles. The number of H-pyrrole nitrogens is 1. The quantitative estimate of drug-likeness (QED) is 0.166. The lowest BCUT2D eigenvalue weighted by atomic mass is 10.1. The number of aliphatic carboxylic acids is 2. The van der Waals surface area contributed by atoms with Gasteiger partial charge in [0, 0.05) is 31.3 Å². The summed E-state index contributed by atoms with van der Waals surface area (Å²) in [6, 6.07) is -4.95. The van der Waals surface area contributed by atoms with Gasteiger partial charge in [0.2, 0.25) is 17.7 Å². The van der Waals surface area contributed by atoms with E-state index in [-0.39, 0.29) is 25.8 Å². The molecule has 3 amide bonds. The Morgan fingerprint density at radius 3 is 2.44 bits per heavy atom. The fourth-order valence-electron chi connectivity index (χ4n) is 3.60. The number of aliphatic hydroxyl groups is 1. The van der Waals surface area contributed by atoms with Crippen molar-refractivity contribution in [2.24, 2.45) is 5.73 Å². The zero-order valence-electron chi connectivity index (χ0n) is 18.6. The second-order valence-corrected chi connectivity index (χ2v) is 8.13. The Kier molecular flexibility index (Phi) is 9.50. The van der Waals surface area contributed by atoms with Gasteiger partial charge < -0.3 is 41.6 Å². The van der Waals surface area contributed by atoms with Crippen LogP contribution in [-0.4, -0.2) is 96.7 Å². The summed E-state index contributed by atoms with van der Waals surface area (Å²) in [5.74, 6) is -4.73. The number of carboxylic acids is 2. The van der Waals surface area contributed by atoms with E-state index in [9.17, 15) is 34.2 Å². The molecule has 0 saturated carbocycles. The number of rotatable bonds is 12. The first kappa shape index (κ1) is 26.7. The summed E-state index contributed by atoms with van der Waals surface area (Å²) in [5, 5.41) is 32.9. The molecule has 2 heterocycles. The van der Waals surface area contributed by atoms with Crippen LogP contribution in [0.15, 0.2) is 12.5 Å². The maximum Gasteiger partial charge on any atom is 0.326 e. The molecule has 0 aliphatic carbocycles. The van der Waals surface area contributed by atoms with Crippen LogP contribution in [0, 0.1) is 0 Å². The van der Waals surface area contributed by atoms with Crippen LogP contribution in [-0.2, 0) is 30.4 Å². The van der Waals surface area contributed by atoms with Gasteiger partial charge in [-0.2, -0.15) is 0 Å². The molecule has 1 fully saturated rings. The highest BCUT2D eigenvalue weighted by Crippen LogP contribution is 2.20.